The fourth-order valence-corrected chi connectivity index (χ4v) is 4.54. The molecule has 0 radical (unpaired) electrons. The number of rotatable bonds is 3. The smallest absolute Gasteiger partial charge is 0.293 e. The monoisotopic (exact) mass is 423 g/mol. The number of benzene rings is 1. The Labute approximate surface area is 173 Å². The fourth-order valence-electron chi connectivity index (χ4n) is 3.79. The first-order chi connectivity index (χ1) is 13.0. The number of piperidine rings is 3. The van der Waals surface area contributed by atoms with Crippen LogP contribution in [0.4, 0.5) is 0 Å². The Morgan fingerprint density at radius 2 is 1.96 bits per heavy atom. The molecule has 2 aromatic rings. The van der Waals surface area contributed by atoms with Crippen molar-refractivity contribution in [1.82, 2.24) is 15.5 Å². The minimum atomic E-state index is -0.384. The fraction of sp³-hybridized carbons (Fsp3) is 0.368. The second kappa shape index (κ2) is 7.80. The molecule has 3 saturated heterocycles. The van der Waals surface area contributed by atoms with Crippen molar-refractivity contribution < 1.29 is 9.21 Å². The summed E-state index contributed by atoms with van der Waals surface area (Å²) in [6.45, 7) is 3.29. The van der Waals surface area contributed by atoms with E-state index in [2.05, 4.69) is 15.5 Å². The number of nitrogens with zero attached hydrogens (tertiary/aromatic N) is 1. The van der Waals surface area contributed by atoms with E-state index < -0.39 is 0 Å². The van der Waals surface area contributed by atoms with Gasteiger partial charge in [0.05, 0.1) is 5.02 Å². The van der Waals surface area contributed by atoms with Gasteiger partial charge >= 0.3 is 0 Å². The van der Waals surface area contributed by atoms with Crippen LogP contribution in [0.25, 0.3) is 11.3 Å². The van der Waals surface area contributed by atoms with Crippen molar-refractivity contribution in [3.8, 4) is 11.3 Å². The van der Waals surface area contributed by atoms with Crippen LogP contribution in [-0.2, 0) is 0 Å². The van der Waals surface area contributed by atoms with Crippen LogP contribution in [0.3, 0.4) is 0 Å². The van der Waals surface area contributed by atoms with Crippen LogP contribution < -0.4 is 10.6 Å². The van der Waals surface area contributed by atoms with Gasteiger partial charge in [-0.25, -0.2) is 0 Å². The zero-order chi connectivity index (χ0) is 19.0. The summed E-state index contributed by atoms with van der Waals surface area (Å²) in [5.74, 6) is 0.907. The molecule has 142 valence electrons. The predicted octanol–water partition coefficient (Wildman–Crippen LogP) is 3.95. The van der Waals surface area contributed by atoms with Gasteiger partial charge in [-0.15, -0.1) is 0 Å². The van der Waals surface area contributed by atoms with Crippen molar-refractivity contribution in [3.63, 3.8) is 0 Å². The zero-order valence-electron chi connectivity index (χ0n) is 14.5. The van der Waals surface area contributed by atoms with Gasteiger partial charge in [-0.05, 0) is 74.4 Å². The number of thiocarbonyl (C=S) groups is 1. The van der Waals surface area contributed by atoms with E-state index in [1.54, 1.807) is 30.3 Å². The Morgan fingerprint density at radius 1 is 1.19 bits per heavy atom. The molecule has 5 nitrogen and oxygen atoms in total. The molecule has 1 atom stereocenters. The van der Waals surface area contributed by atoms with Crippen molar-refractivity contribution in [1.29, 1.82) is 0 Å². The van der Waals surface area contributed by atoms with Gasteiger partial charge in [0.25, 0.3) is 5.91 Å². The highest BCUT2D eigenvalue weighted by Gasteiger charge is 2.34. The highest BCUT2D eigenvalue weighted by molar-refractivity contribution is 7.80. The van der Waals surface area contributed by atoms with Gasteiger partial charge in [-0.1, -0.05) is 23.2 Å². The number of nitrogens with one attached hydrogen (secondary N) is 2. The molecule has 0 aliphatic carbocycles. The third-order valence-electron chi connectivity index (χ3n) is 5.23. The third kappa shape index (κ3) is 4.14. The first-order valence-corrected chi connectivity index (χ1v) is 10.1. The normalized spacial score (nSPS) is 23.9. The molecular weight excluding hydrogens is 405 g/mol. The third-order valence-corrected chi connectivity index (χ3v) is 5.99. The van der Waals surface area contributed by atoms with Crippen LogP contribution in [-0.4, -0.2) is 41.6 Å². The van der Waals surface area contributed by atoms with Gasteiger partial charge in [0.15, 0.2) is 10.9 Å². The standard InChI is InChI=1S/C19H19Cl2N3O2S/c20-12-1-2-13(14(21)9-12)16-3-4-17(26-16)18(25)23-19(27)22-15-10-24-7-5-11(15)6-8-24/h1-4,9,11,15H,5-8,10H2,(H2,22,23,25,27). The number of carbonyl (C=O) groups excluding carboxylic acids is 1. The van der Waals surface area contributed by atoms with Crippen LogP contribution in [0.5, 0.6) is 0 Å². The van der Waals surface area contributed by atoms with Gasteiger partial charge in [-0.2, -0.15) is 0 Å². The lowest BCUT2D eigenvalue weighted by molar-refractivity contribution is 0.0805. The van der Waals surface area contributed by atoms with Crippen LogP contribution in [0, 0.1) is 5.92 Å². The highest BCUT2D eigenvalue weighted by Crippen LogP contribution is 2.31. The maximum atomic E-state index is 12.4. The van der Waals surface area contributed by atoms with Crippen molar-refractivity contribution in [2.24, 2.45) is 5.92 Å². The molecule has 0 spiro atoms. The molecule has 3 fully saturated rings. The number of hydrogen-bond acceptors (Lipinski definition) is 4. The quantitative estimate of drug-likeness (QED) is 0.731. The number of hydrogen-bond donors (Lipinski definition) is 2. The van der Waals surface area contributed by atoms with E-state index in [1.165, 1.54) is 12.8 Å². The molecule has 8 heteroatoms. The van der Waals surface area contributed by atoms with Crippen molar-refractivity contribution in [2.75, 3.05) is 19.6 Å². The number of fused-ring (bicyclic) bond motifs is 3. The lowest BCUT2D eigenvalue weighted by Gasteiger charge is -2.45. The Bertz CT molecular complexity index is 878. The molecule has 1 aromatic heterocycles. The van der Waals surface area contributed by atoms with Crippen molar-refractivity contribution in [2.45, 2.75) is 18.9 Å². The van der Waals surface area contributed by atoms with E-state index in [1.807, 2.05) is 0 Å². The molecular formula is C19H19Cl2N3O2S. The summed E-state index contributed by atoms with van der Waals surface area (Å²) in [6, 6.07) is 8.71. The Morgan fingerprint density at radius 3 is 2.63 bits per heavy atom. The Kier molecular flexibility index (Phi) is 5.41. The molecule has 1 unspecified atom stereocenters. The molecule has 2 N–H and O–H groups in total. The van der Waals surface area contributed by atoms with Gasteiger partial charge in [0.2, 0.25) is 0 Å². The number of amides is 1. The zero-order valence-corrected chi connectivity index (χ0v) is 16.8. The first kappa shape index (κ1) is 18.7. The molecule has 3 aliphatic heterocycles. The number of carbonyl (C=O) groups is 1. The van der Waals surface area contributed by atoms with Crippen LogP contribution in [0.1, 0.15) is 23.4 Å². The summed E-state index contributed by atoms with van der Waals surface area (Å²) >= 11 is 17.4. The van der Waals surface area contributed by atoms with Crippen LogP contribution in [0.15, 0.2) is 34.7 Å². The average molecular weight is 424 g/mol. The van der Waals surface area contributed by atoms with E-state index >= 15 is 0 Å². The summed E-state index contributed by atoms with van der Waals surface area (Å²) < 4.78 is 5.66. The maximum Gasteiger partial charge on any atom is 0.293 e. The van der Waals surface area contributed by atoms with Gasteiger partial charge in [0, 0.05) is 23.2 Å². The first-order valence-electron chi connectivity index (χ1n) is 8.89. The average Bonchev–Trinajstić information content (AvgIpc) is 3.12. The van der Waals surface area contributed by atoms with Crippen molar-refractivity contribution >= 4 is 46.4 Å². The molecule has 0 saturated carbocycles. The molecule has 4 heterocycles. The summed E-state index contributed by atoms with van der Waals surface area (Å²) in [6.07, 6.45) is 2.36. The summed E-state index contributed by atoms with van der Waals surface area (Å²) in [5, 5.41) is 7.33. The number of halogens is 2. The molecule has 1 aromatic carbocycles. The second-order valence-corrected chi connectivity index (χ2v) is 8.21. The van der Waals surface area contributed by atoms with Crippen molar-refractivity contribution in [3.05, 3.63) is 46.1 Å². The predicted molar refractivity (Wildman–Crippen MR) is 110 cm³/mol. The lowest BCUT2D eigenvalue weighted by Crippen LogP contribution is -2.59. The molecule has 3 aliphatic rings. The minimum Gasteiger partial charge on any atom is -0.451 e. The minimum absolute atomic E-state index is 0.175. The van der Waals surface area contributed by atoms with E-state index in [-0.39, 0.29) is 11.7 Å². The number of furan rings is 1. The van der Waals surface area contributed by atoms with Crippen LogP contribution >= 0.6 is 35.4 Å². The molecule has 27 heavy (non-hydrogen) atoms. The SMILES string of the molecule is O=C(NC(=S)NC1CN2CCC1CC2)c1ccc(-c2ccc(Cl)cc2Cl)o1. The molecule has 2 bridgehead atoms. The highest BCUT2D eigenvalue weighted by atomic mass is 35.5. The van der Waals surface area contributed by atoms with Gasteiger partial charge in [0.1, 0.15) is 5.76 Å². The molecule has 1 amide bonds. The van der Waals surface area contributed by atoms with E-state index in [0.717, 1.165) is 19.6 Å². The van der Waals surface area contributed by atoms with Crippen LogP contribution in [0.2, 0.25) is 10.0 Å². The molecule has 5 rings (SSSR count). The topological polar surface area (TPSA) is 57.5 Å². The Hall–Kier alpha value is -1.60. The van der Waals surface area contributed by atoms with Gasteiger partial charge in [-0.3, -0.25) is 10.1 Å². The summed E-state index contributed by atoms with van der Waals surface area (Å²) in [7, 11) is 0. The summed E-state index contributed by atoms with van der Waals surface area (Å²) in [4.78, 5) is 14.9. The second-order valence-electron chi connectivity index (χ2n) is 6.96. The summed E-state index contributed by atoms with van der Waals surface area (Å²) in [5.41, 5.74) is 0.674. The maximum absolute atomic E-state index is 12.4. The largest absolute Gasteiger partial charge is 0.451 e. The van der Waals surface area contributed by atoms with E-state index in [9.17, 15) is 4.79 Å². The Balaban J connectivity index is 1.38. The van der Waals surface area contributed by atoms with E-state index in [0.29, 0.717) is 38.4 Å². The van der Waals surface area contributed by atoms with Gasteiger partial charge < -0.3 is 14.6 Å². The lowest BCUT2D eigenvalue weighted by atomic mass is 9.84. The van der Waals surface area contributed by atoms with E-state index in [4.69, 9.17) is 39.8 Å².